The summed E-state index contributed by atoms with van der Waals surface area (Å²) in [6.07, 6.45) is 0.895. The van der Waals surface area contributed by atoms with Crippen molar-refractivity contribution in [3.05, 3.63) is 11.6 Å². The van der Waals surface area contributed by atoms with E-state index in [4.69, 9.17) is 0 Å². The third kappa shape index (κ3) is 3.86. The van der Waals surface area contributed by atoms with Crippen molar-refractivity contribution in [3.8, 4) is 0 Å². The fraction of sp³-hybridized carbons (Fsp3) is 0.867. The molecular weight excluding hydrogens is 472 g/mol. The highest BCUT2D eigenvalue weighted by Crippen LogP contribution is 2.74. The molecule has 0 bridgehead atoms. The second kappa shape index (κ2) is 8.44. The van der Waals surface area contributed by atoms with Crippen LogP contribution >= 0.6 is 0 Å². The number of aliphatic hydroxyl groups excluding tert-OH is 3. The van der Waals surface area contributed by atoms with Crippen molar-refractivity contribution in [1.82, 2.24) is 0 Å². The zero-order chi connectivity index (χ0) is 28.1. The molecule has 0 spiro atoms. The van der Waals surface area contributed by atoms with Gasteiger partial charge in [-0.2, -0.15) is 0 Å². The molecule has 4 rings (SSSR count). The third-order valence-electron chi connectivity index (χ3n) is 11.8. The fourth-order valence-electron chi connectivity index (χ4n) is 9.40. The zero-order valence-electron chi connectivity index (χ0n) is 23.8. The number of allylic oxidation sites excluding steroid dienone is 1. The molecule has 5 N–H and O–H groups in total. The maximum atomic E-state index is 14.2. The first-order valence-corrected chi connectivity index (χ1v) is 13.9. The van der Waals surface area contributed by atoms with Gasteiger partial charge in [-0.25, -0.2) is 0 Å². The van der Waals surface area contributed by atoms with Gasteiger partial charge >= 0.3 is 0 Å². The third-order valence-corrected chi connectivity index (χ3v) is 11.8. The number of hydrogen-bond donors (Lipinski definition) is 5. The molecule has 37 heavy (non-hydrogen) atoms. The van der Waals surface area contributed by atoms with Gasteiger partial charge in [-0.1, -0.05) is 46.3 Å². The predicted molar refractivity (Wildman–Crippen MR) is 139 cm³/mol. The first kappa shape index (κ1) is 28.9. The minimum Gasteiger partial charge on any atom is -0.393 e. The van der Waals surface area contributed by atoms with Gasteiger partial charge in [0.2, 0.25) is 0 Å². The summed E-state index contributed by atoms with van der Waals surface area (Å²) in [7, 11) is 0. The van der Waals surface area contributed by atoms with Gasteiger partial charge in [0.15, 0.2) is 5.78 Å². The zero-order valence-corrected chi connectivity index (χ0v) is 23.8. The normalized spacial score (nSPS) is 46.8. The highest BCUT2D eigenvalue weighted by atomic mass is 16.3. The van der Waals surface area contributed by atoms with Crippen molar-refractivity contribution < 1.29 is 35.1 Å². The Morgan fingerprint density at radius 1 is 1.00 bits per heavy atom. The predicted octanol–water partition coefficient (Wildman–Crippen LogP) is 2.94. The van der Waals surface area contributed by atoms with Gasteiger partial charge < -0.3 is 25.5 Å². The standard InChI is InChI=1S/C30H48O7/c1-25(2,36)12-11-21(33)30(8,37)23-19(32)14-27(5)20-10-9-16-17(13-18(31)24(35)26(16,3)4)29(20,7)22(34)15-28(23,27)6/h9,17-20,23-24,31-32,35-37H,10-15H2,1-8H3/t17-,18+,19-,20+,23?,24-,27?,28-,29+,30+/m1/s1. The monoisotopic (exact) mass is 520 g/mol. The van der Waals surface area contributed by atoms with Crippen LogP contribution in [0.5, 0.6) is 0 Å². The lowest BCUT2D eigenvalue weighted by molar-refractivity contribution is -0.188. The van der Waals surface area contributed by atoms with Crippen LogP contribution in [-0.4, -0.2) is 66.6 Å². The molecule has 210 valence electrons. The maximum Gasteiger partial charge on any atom is 0.164 e. The van der Waals surface area contributed by atoms with E-state index in [2.05, 4.69) is 13.0 Å². The van der Waals surface area contributed by atoms with Gasteiger partial charge in [-0.05, 0) is 69.1 Å². The number of hydrogen-bond acceptors (Lipinski definition) is 7. The van der Waals surface area contributed by atoms with Crippen LogP contribution in [0.2, 0.25) is 0 Å². The van der Waals surface area contributed by atoms with Crippen LogP contribution in [0.3, 0.4) is 0 Å². The Hall–Kier alpha value is -1.12. The molecule has 2 unspecified atom stereocenters. The number of Topliss-reactive ketones (excluding diaryl/α,β-unsaturated/α-hetero) is 2. The first-order chi connectivity index (χ1) is 16.7. The van der Waals surface area contributed by atoms with Gasteiger partial charge in [-0.3, -0.25) is 9.59 Å². The maximum absolute atomic E-state index is 14.2. The van der Waals surface area contributed by atoms with Crippen LogP contribution in [0.25, 0.3) is 0 Å². The second-order valence-electron chi connectivity index (χ2n) is 14.8. The van der Waals surface area contributed by atoms with Crippen LogP contribution in [0.15, 0.2) is 11.6 Å². The Labute approximate surface area is 221 Å². The molecule has 0 aromatic rings. The Kier molecular flexibility index (Phi) is 6.59. The van der Waals surface area contributed by atoms with E-state index in [-0.39, 0.29) is 36.9 Å². The van der Waals surface area contributed by atoms with Crippen molar-refractivity contribution in [1.29, 1.82) is 0 Å². The van der Waals surface area contributed by atoms with E-state index in [0.29, 0.717) is 19.3 Å². The molecule has 0 aromatic heterocycles. The number of ketones is 2. The SMILES string of the molecule is CC(C)(O)CCC(=O)[C@](C)(O)C1[C@H](O)CC2(C)[C@@H]3CC=C4[C@@H](C[C@H](O)[C@@H](O)C4(C)C)[C@]3(C)C(=O)C[C@]12C. The quantitative estimate of drug-likeness (QED) is 0.352. The van der Waals surface area contributed by atoms with E-state index < -0.39 is 62.9 Å². The molecule has 10 atom stereocenters. The average Bonchev–Trinajstić information content (AvgIpc) is 2.96. The summed E-state index contributed by atoms with van der Waals surface area (Å²) >= 11 is 0. The Bertz CT molecular complexity index is 1010. The molecule has 4 aliphatic carbocycles. The van der Waals surface area contributed by atoms with Gasteiger partial charge in [-0.15, -0.1) is 0 Å². The lowest BCUT2D eigenvalue weighted by atomic mass is 9.38. The average molecular weight is 521 g/mol. The highest BCUT2D eigenvalue weighted by molar-refractivity contribution is 5.90. The number of aliphatic hydroxyl groups is 5. The minimum absolute atomic E-state index is 0.0227. The lowest BCUT2D eigenvalue weighted by Gasteiger charge is -2.65. The van der Waals surface area contributed by atoms with Crippen LogP contribution in [0, 0.1) is 39.4 Å². The summed E-state index contributed by atoms with van der Waals surface area (Å²) in [6.45, 7) is 14.6. The molecule has 0 saturated heterocycles. The van der Waals surface area contributed by atoms with Crippen LogP contribution in [0.1, 0.15) is 93.9 Å². The van der Waals surface area contributed by atoms with Crippen LogP contribution in [-0.2, 0) is 9.59 Å². The Balaban J connectivity index is 1.76. The van der Waals surface area contributed by atoms with Crippen molar-refractivity contribution in [2.75, 3.05) is 0 Å². The lowest BCUT2D eigenvalue weighted by Crippen LogP contribution is -2.65. The molecule has 4 aliphatic rings. The first-order valence-electron chi connectivity index (χ1n) is 13.9. The molecule has 3 saturated carbocycles. The second-order valence-corrected chi connectivity index (χ2v) is 14.8. The summed E-state index contributed by atoms with van der Waals surface area (Å²) < 4.78 is 0. The highest BCUT2D eigenvalue weighted by Gasteiger charge is 2.74. The summed E-state index contributed by atoms with van der Waals surface area (Å²) in [6, 6.07) is 0. The summed E-state index contributed by atoms with van der Waals surface area (Å²) in [5.74, 6) is -1.60. The number of rotatable bonds is 5. The summed E-state index contributed by atoms with van der Waals surface area (Å²) in [5, 5.41) is 54.8. The molecule has 0 aromatic carbocycles. The fourth-order valence-corrected chi connectivity index (χ4v) is 9.40. The molecule has 0 radical (unpaired) electrons. The van der Waals surface area contributed by atoms with Gasteiger partial charge in [0.05, 0.1) is 23.9 Å². The van der Waals surface area contributed by atoms with E-state index >= 15 is 0 Å². The van der Waals surface area contributed by atoms with Gasteiger partial charge in [0, 0.05) is 29.6 Å². The smallest absolute Gasteiger partial charge is 0.164 e. The van der Waals surface area contributed by atoms with Gasteiger partial charge in [0.25, 0.3) is 0 Å². The number of carbonyl (C=O) groups excluding carboxylic acids is 2. The molecule has 0 heterocycles. The van der Waals surface area contributed by atoms with Crippen molar-refractivity contribution in [2.24, 2.45) is 39.4 Å². The number of fused-ring (bicyclic) bond motifs is 5. The Morgan fingerprint density at radius 2 is 1.59 bits per heavy atom. The number of carbonyl (C=O) groups is 2. The molecule has 0 aliphatic heterocycles. The summed E-state index contributed by atoms with van der Waals surface area (Å²) in [5.41, 5.74) is -4.71. The van der Waals surface area contributed by atoms with Crippen LogP contribution in [0.4, 0.5) is 0 Å². The van der Waals surface area contributed by atoms with Crippen molar-refractivity contribution >= 4 is 11.6 Å². The largest absolute Gasteiger partial charge is 0.393 e. The van der Waals surface area contributed by atoms with Crippen molar-refractivity contribution in [3.63, 3.8) is 0 Å². The molecular formula is C30H48O7. The molecule has 7 heteroatoms. The van der Waals surface area contributed by atoms with E-state index in [0.717, 1.165) is 5.57 Å². The van der Waals surface area contributed by atoms with Crippen LogP contribution < -0.4 is 0 Å². The summed E-state index contributed by atoms with van der Waals surface area (Å²) in [4.78, 5) is 27.5. The van der Waals surface area contributed by atoms with Crippen molar-refractivity contribution in [2.45, 2.75) is 123 Å². The molecule has 3 fully saturated rings. The van der Waals surface area contributed by atoms with Gasteiger partial charge in [0.1, 0.15) is 11.4 Å². The Morgan fingerprint density at radius 3 is 2.16 bits per heavy atom. The van der Waals surface area contributed by atoms with E-state index in [9.17, 15) is 35.1 Å². The van der Waals surface area contributed by atoms with E-state index in [1.54, 1.807) is 13.8 Å². The van der Waals surface area contributed by atoms with E-state index in [1.807, 2.05) is 27.7 Å². The minimum atomic E-state index is -1.85. The topological polar surface area (TPSA) is 135 Å². The molecule has 7 nitrogen and oxygen atoms in total. The van der Waals surface area contributed by atoms with E-state index in [1.165, 1.54) is 6.92 Å². The molecule has 0 amide bonds.